The van der Waals surface area contributed by atoms with Crippen molar-refractivity contribution in [3.63, 3.8) is 0 Å². The molecule has 1 heterocycles. The topological polar surface area (TPSA) is 32.3 Å². The van der Waals surface area contributed by atoms with Gasteiger partial charge in [-0.15, -0.1) is 0 Å². The highest BCUT2D eigenvalue weighted by Crippen LogP contribution is 2.22. The van der Waals surface area contributed by atoms with Gasteiger partial charge in [0.2, 0.25) is 5.91 Å². The first-order chi connectivity index (χ1) is 8.56. The number of nitrogens with zero attached hydrogens (tertiary/aromatic N) is 1. The van der Waals surface area contributed by atoms with Gasteiger partial charge in [-0.1, -0.05) is 15.9 Å². The molecule has 0 saturated carbocycles. The zero-order chi connectivity index (χ0) is 13.1. The highest BCUT2D eigenvalue weighted by Gasteiger charge is 2.23. The fourth-order valence-electron chi connectivity index (χ4n) is 2.24. The average Bonchev–Trinajstić information content (AvgIpc) is 2.34. The van der Waals surface area contributed by atoms with E-state index in [1.165, 1.54) is 0 Å². The Labute approximate surface area is 117 Å². The number of amides is 1. The molecule has 4 heteroatoms. The molecule has 98 valence electrons. The number of carbonyl (C=O) groups excluding carboxylic acids is 1. The van der Waals surface area contributed by atoms with E-state index in [-0.39, 0.29) is 11.8 Å². The van der Waals surface area contributed by atoms with E-state index in [0.29, 0.717) is 0 Å². The first-order valence-electron chi connectivity index (χ1n) is 6.32. The summed E-state index contributed by atoms with van der Waals surface area (Å²) in [5, 5.41) is 3.02. The van der Waals surface area contributed by atoms with Crippen LogP contribution in [-0.4, -0.2) is 30.9 Å². The molecule has 0 bridgehead atoms. The molecular formula is C14H19BrN2O. The van der Waals surface area contributed by atoms with E-state index >= 15 is 0 Å². The smallest absolute Gasteiger partial charge is 0.227 e. The Morgan fingerprint density at radius 2 is 2.06 bits per heavy atom. The van der Waals surface area contributed by atoms with E-state index in [0.717, 1.165) is 41.7 Å². The highest BCUT2D eigenvalue weighted by atomic mass is 79.9. The maximum atomic E-state index is 12.1. The second-order valence-corrected chi connectivity index (χ2v) is 5.89. The molecule has 0 spiro atoms. The van der Waals surface area contributed by atoms with Gasteiger partial charge in [0, 0.05) is 16.1 Å². The lowest BCUT2D eigenvalue weighted by Crippen LogP contribution is -2.35. The Morgan fingerprint density at radius 1 is 1.39 bits per heavy atom. The van der Waals surface area contributed by atoms with E-state index < -0.39 is 0 Å². The third kappa shape index (κ3) is 3.33. The molecule has 2 rings (SSSR count). The molecule has 0 radical (unpaired) electrons. The van der Waals surface area contributed by atoms with Crippen molar-refractivity contribution in [2.75, 3.05) is 25.5 Å². The molecule has 1 fully saturated rings. The number of rotatable bonds is 2. The van der Waals surface area contributed by atoms with Crippen LogP contribution < -0.4 is 5.32 Å². The van der Waals surface area contributed by atoms with Crippen LogP contribution in [0.5, 0.6) is 0 Å². The van der Waals surface area contributed by atoms with Crippen LogP contribution >= 0.6 is 15.9 Å². The summed E-state index contributed by atoms with van der Waals surface area (Å²) in [5.74, 6) is 0.315. The van der Waals surface area contributed by atoms with E-state index in [1.54, 1.807) is 0 Å². The first-order valence-corrected chi connectivity index (χ1v) is 7.11. The molecule has 1 aliphatic rings. The number of aryl methyl sites for hydroxylation is 1. The van der Waals surface area contributed by atoms with Crippen molar-refractivity contribution in [3.8, 4) is 0 Å². The second kappa shape index (κ2) is 5.85. The molecular weight excluding hydrogens is 292 g/mol. The molecule has 18 heavy (non-hydrogen) atoms. The summed E-state index contributed by atoms with van der Waals surface area (Å²) < 4.78 is 1.07. The summed E-state index contributed by atoms with van der Waals surface area (Å²) in [6.45, 7) is 4.05. The van der Waals surface area contributed by atoms with Crippen LogP contribution in [0.4, 0.5) is 5.69 Å². The molecule has 0 aliphatic carbocycles. The molecule has 0 unspecified atom stereocenters. The number of carbonyl (C=O) groups is 1. The highest BCUT2D eigenvalue weighted by molar-refractivity contribution is 9.10. The van der Waals surface area contributed by atoms with Crippen LogP contribution in [0.25, 0.3) is 0 Å². The summed E-state index contributed by atoms with van der Waals surface area (Å²) in [6, 6.07) is 5.90. The lowest BCUT2D eigenvalue weighted by Gasteiger charge is -2.28. The van der Waals surface area contributed by atoms with Gasteiger partial charge in [-0.3, -0.25) is 4.79 Å². The average molecular weight is 311 g/mol. The van der Waals surface area contributed by atoms with Gasteiger partial charge in [-0.05, 0) is 63.7 Å². The van der Waals surface area contributed by atoms with Crippen LogP contribution in [0.3, 0.4) is 0 Å². The van der Waals surface area contributed by atoms with Gasteiger partial charge < -0.3 is 10.2 Å². The second-order valence-electron chi connectivity index (χ2n) is 5.03. The minimum Gasteiger partial charge on any atom is -0.326 e. The van der Waals surface area contributed by atoms with E-state index in [1.807, 2.05) is 25.1 Å². The fourth-order valence-corrected chi connectivity index (χ4v) is 2.48. The van der Waals surface area contributed by atoms with Gasteiger partial charge in [0.25, 0.3) is 0 Å². The lowest BCUT2D eigenvalue weighted by molar-refractivity contribution is -0.121. The van der Waals surface area contributed by atoms with Crippen molar-refractivity contribution in [1.82, 2.24) is 4.90 Å². The molecule has 0 aromatic heterocycles. The Bertz CT molecular complexity index is 439. The minimum absolute atomic E-state index is 0.157. The monoisotopic (exact) mass is 310 g/mol. The maximum Gasteiger partial charge on any atom is 0.227 e. The molecule has 1 amide bonds. The van der Waals surface area contributed by atoms with Crippen LogP contribution in [0, 0.1) is 12.8 Å². The Balaban J connectivity index is 1.96. The number of nitrogens with one attached hydrogen (secondary N) is 1. The lowest BCUT2D eigenvalue weighted by atomic mass is 9.96. The van der Waals surface area contributed by atoms with Crippen molar-refractivity contribution in [2.24, 2.45) is 5.92 Å². The molecule has 1 N–H and O–H groups in total. The predicted molar refractivity (Wildman–Crippen MR) is 77.7 cm³/mol. The minimum atomic E-state index is 0.157. The number of hydrogen-bond acceptors (Lipinski definition) is 2. The van der Waals surface area contributed by atoms with Gasteiger partial charge in [0.15, 0.2) is 0 Å². The van der Waals surface area contributed by atoms with Crippen molar-refractivity contribution >= 4 is 27.5 Å². The normalized spacial score (nSPS) is 17.7. The molecule has 3 nitrogen and oxygen atoms in total. The van der Waals surface area contributed by atoms with Crippen molar-refractivity contribution < 1.29 is 4.79 Å². The fraction of sp³-hybridized carbons (Fsp3) is 0.500. The van der Waals surface area contributed by atoms with Crippen LogP contribution in [0.1, 0.15) is 18.4 Å². The van der Waals surface area contributed by atoms with Crippen LogP contribution in [0.15, 0.2) is 22.7 Å². The number of benzene rings is 1. The standard InChI is InChI=1S/C14H19BrN2O/c1-10-9-12(3-4-13(10)15)16-14(18)11-5-7-17(2)8-6-11/h3-4,9,11H,5-8H2,1-2H3,(H,16,18). The SMILES string of the molecule is Cc1cc(NC(=O)C2CCN(C)CC2)ccc1Br. The van der Waals surface area contributed by atoms with E-state index in [2.05, 4.69) is 33.2 Å². The summed E-state index contributed by atoms with van der Waals surface area (Å²) in [6.07, 6.45) is 1.91. The Kier molecular flexibility index (Phi) is 4.40. The summed E-state index contributed by atoms with van der Waals surface area (Å²) in [5.41, 5.74) is 2.02. The maximum absolute atomic E-state index is 12.1. The molecule has 0 atom stereocenters. The van der Waals surface area contributed by atoms with Gasteiger partial charge in [0.05, 0.1) is 0 Å². The molecule has 1 aliphatic heterocycles. The molecule has 1 aromatic carbocycles. The zero-order valence-electron chi connectivity index (χ0n) is 10.9. The number of likely N-dealkylation sites (tertiary alicyclic amines) is 1. The van der Waals surface area contributed by atoms with E-state index in [9.17, 15) is 4.79 Å². The van der Waals surface area contributed by atoms with Gasteiger partial charge in [0.1, 0.15) is 0 Å². The van der Waals surface area contributed by atoms with Gasteiger partial charge in [-0.2, -0.15) is 0 Å². The van der Waals surface area contributed by atoms with Crippen molar-refractivity contribution in [1.29, 1.82) is 0 Å². The van der Waals surface area contributed by atoms with E-state index in [4.69, 9.17) is 0 Å². The van der Waals surface area contributed by atoms with Crippen LogP contribution in [0.2, 0.25) is 0 Å². The largest absolute Gasteiger partial charge is 0.326 e. The summed E-state index contributed by atoms with van der Waals surface area (Å²) in [4.78, 5) is 14.4. The van der Waals surface area contributed by atoms with Gasteiger partial charge in [-0.25, -0.2) is 0 Å². The quantitative estimate of drug-likeness (QED) is 0.910. The van der Waals surface area contributed by atoms with Crippen molar-refractivity contribution in [3.05, 3.63) is 28.2 Å². The summed E-state index contributed by atoms with van der Waals surface area (Å²) >= 11 is 3.46. The number of halogens is 1. The number of anilines is 1. The number of hydrogen-bond donors (Lipinski definition) is 1. The Hall–Kier alpha value is -0.870. The first kappa shape index (κ1) is 13.6. The Morgan fingerprint density at radius 3 is 2.67 bits per heavy atom. The summed E-state index contributed by atoms with van der Waals surface area (Å²) in [7, 11) is 2.10. The predicted octanol–water partition coefficient (Wildman–Crippen LogP) is 3.04. The van der Waals surface area contributed by atoms with Gasteiger partial charge >= 0.3 is 0 Å². The zero-order valence-corrected chi connectivity index (χ0v) is 12.5. The van der Waals surface area contributed by atoms with Crippen molar-refractivity contribution in [2.45, 2.75) is 19.8 Å². The third-order valence-corrected chi connectivity index (χ3v) is 4.40. The number of piperidine rings is 1. The molecule has 1 saturated heterocycles. The van der Waals surface area contributed by atoms with Crippen LogP contribution in [-0.2, 0) is 4.79 Å². The third-order valence-electron chi connectivity index (χ3n) is 3.51. The molecule has 1 aromatic rings.